The fourth-order valence-electron chi connectivity index (χ4n) is 3.73. The Kier molecular flexibility index (Phi) is 7.22. The molecule has 3 nitrogen and oxygen atoms in total. The maximum absolute atomic E-state index is 6.33. The van der Waals surface area contributed by atoms with Gasteiger partial charge in [0.15, 0.2) is 0 Å². The van der Waals surface area contributed by atoms with Crippen LogP contribution in [0.15, 0.2) is 18.2 Å². The van der Waals surface area contributed by atoms with E-state index >= 15 is 0 Å². The average molecular weight is 356 g/mol. The van der Waals surface area contributed by atoms with Crippen molar-refractivity contribution in [2.45, 2.75) is 66.7 Å². The van der Waals surface area contributed by atoms with Gasteiger partial charge in [0.2, 0.25) is 5.88 Å². The molecule has 0 spiro atoms. The topological polar surface area (TPSA) is 31.4 Å². The number of rotatable bonds is 8. The molecule has 3 heteroatoms. The molecule has 0 saturated carbocycles. The summed E-state index contributed by atoms with van der Waals surface area (Å²) in [6.45, 7) is 13.6. The number of ether oxygens (including phenoxy) is 2. The molecule has 1 unspecified atom stereocenters. The summed E-state index contributed by atoms with van der Waals surface area (Å²) < 4.78 is 11.6. The first-order chi connectivity index (χ1) is 12.4. The SMILES string of the molecule is CCC(CCCOC)c1cc(C)nc(Oc2c(C)cc(C)cc2C)c1C. The van der Waals surface area contributed by atoms with Gasteiger partial charge in [-0.15, -0.1) is 0 Å². The van der Waals surface area contributed by atoms with Crippen LogP contribution in [0.3, 0.4) is 0 Å². The monoisotopic (exact) mass is 355 g/mol. The molecular formula is C23H33NO2. The third-order valence-electron chi connectivity index (χ3n) is 5.03. The molecule has 0 saturated heterocycles. The highest BCUT2D eigenvalue weighted by Crippen LogP contribution is 2.35. The minimum atomic E-state index is 0.509. The van der Waals surface area contributed by atoms with Crippen molar-refractivity contribution in [2.75, 3.05) is 13.7 Å². The largest absolute Gasteiger partial charge is 0.438 e. The molecule has 1 heterocycles. The van der Waals surface area contributed by atoms with Gasteiger partial charge in [0.25, 0.3) is 0 Å². The Balaban J connectivity index is 2.37. The number of nitrogens with zero attached hydrogens (tertiary/aromatic N) is 1. The van der Waals surface area contributed by atoms with Gasteiger partial charge in [-0.2, -0.15) is 0 Å². The third-order valence-corrected chi connectivity index (χ3v) is 5.03. The Morgan fingerprint density at radius 2 is 1.65 bits per heavy atom. The molecule has 26 heavy (non-hydrogen) atoms. The fourth-order valence-corrected chi connectivity index (χ4v) is 3.73. The Labute approximate surface area is 158 Å². The summed E-state index contributed by atoms with van der Waals surface area (Å²) in [5, 5.41) is 0. The first-order valence-corrected chi connectivity index (χ1v) is 9.60. The van der Waals surface area contributed by atoms with Crippen molar-refractivity contribution in [3.63, 3.8) is 0 Å². The summed E-state index contributed by atoms with van der Waals surface area (Å²) in [5.74, 6) is 2.17. The summed E-state index contributed by atoms with van der Waals surface area (Å²) in [7, 11) is 1.76. The van der Waals surface area contributed by atoms with E-state index in [1.54, 1.807) is 7.11 Å². The number of benzene rings is 1. The van der Waals surface area contributed by atoms with E-state index in [1.807, 2.05) is 6.92 Å². The van der Waals surface area contributed by atoms with Crippen LogP contribution in [0.25, 0.3) is 0 Å². The quantitative estimate of drug-likeness (QED) is 0.518. The molecule has 1 aromatic carbocycles. The van der Waals surface area contributed by atoms with Crippen LogP contribution in [0.1, 0.15) is 65.6 Å². The highest BCUT2D eigenvalue weighted by molar-refractivity contribution is 5.47. The van der Waals surface area contributed by atoms with Crippen LogP contribution in [0.2, 0.25) is 0 Å². The van der Waals surface area contributed by atoms with E-state index in [9.17, 15) is 0 Å². The molecule has 0 bridgehead atoms. The van der Waals surface area contributed by atoms with Crippen LogP contribution >= 0.6 is 0 Å². The van der Waals surface area contributed by atoms with Crippen molar-refractivity contribution in [2.24, 2.45) is 0 Å². The Bertz CT molecular complexity index is 729. The molecule has 1 atom stereocenters. The summed E-state index contributed by atoms with van der Waals surface area (Å²) >= 11 is 0. The zero-order valence-corrected chi connectivity index (χ0v) is 17.4. The van der Waals surface area contributed by atoms with E-state index in [2.05, 4.69) is 52.8 Å². The van der Waals surface area contributed by atoms with Gasteiger partial charge in [-0.3, -0.25) is 0 Å². The summed E-state index contributed by atoms with van der Waals surface area (Å²) in [6.07, 6.45) is 3.30. The molecule has 0 aliphatic rings. The van der Waals surface area contributed by atoms with Crippen LogP contribution in [0.4, 0.5) is 0 Å². The molecule has 0 fully saturated rings. The van der Waals surface area contributed by atoms with E-state index in [4.69, 9.17) is 14.5 Å². The maximum atomic E-state index is 6.33. The van der Waals surface area contributed by atoms with Gasteiger partial charge in [-0.1, -0.05) is 24.6 Å². The zero-order valence-electron chi connectivity index (χ0n) is 17.4. The molecule has 0 aliphatic carbocycles. The number of hydrogen-bond acceptors (Lipinski definition) is 3. The third kappa shape index (κ3) is 4.85. The Morgan fingerprint density at radius 1 is 1.00 bits per heavy atom. The summed E-state index contributed by atoms with van der Waals surface area (Å²) in [5.41, 5.74) is 7.07. The molecule has 2 rings (SSSR count). The normalized spacial score (nSPS) is 12.3. The van der Waals surface area contributed by atoms with Gasteiger partial charge < -0.3 is 9.47 Å². The van der Waals surface area contributed by atoms with Gasteiger partial charge >= 0.3 is 0 Å². The van der Waals surface area contributed by atoms with Gasteiger partial charge in [-0.25, -0.2) is 4.98 Å². The maximum Gasteiger partial charge on any atom is 0.222 e. The predicted molar refractivity (Wildman–Crippen MR) is 109 cm³/mol. The van der Waals surface area contributed by atoms with Crippen LogP contribution in [0.5, 0.6) is 11.6 Å². The van der Waals surface area contributed by atoms with Gasteiger partial charge in [-0.05, 0) is 82.6 Å². The second-order valence-electron chi connectivity index (χ2n) is 7.35. The van der Waals surface area contributed by atoms with Crippen molar-refractivity contribution < 1.29 is 9.47 Å². The smallest absolute Gasteiger partial charge is 0.222 e. The van der Waals surface area contributed by atoms with Gasteiger partial charge in [0, 0.05) is 25.0 Å². The number of hydrogen-bond donors (Lipinski definition) is 0. The molecule has 0 N–H and O–H groups in total. The molecular weight excluding hydrogens is 322 g/mol. The summed E-state index contributed by atoms with van der Waals surface area (Å²) in [6, 6.07) is 6.54. The molecule has 0 amide bonds. The van der Waals surface area contributed by atoms with E-state index in [0.29, 0.717) is 5.92 Å². The average Bonchev–Trinajstić information content (AvgIpc) is 2.58. The van der Waals surface area contributed by atoms with Gasteiger partial charge in [0.1, 0.15) is 5.75 Å². The van der Waals surface area contributed by atoms with E-state index < -0.39 is 0 Å². The number of aryl methyl sites for hydroxylation is 4. The van der Waals surface area contributed by atoms with Crippen molar-refractivity contribution in [1.29, 1.82) is 0 Å². The minimum Gasteiger partial charge on any atom is -0.438 e. The van der Waals surface area contributed by atoms with Gasteiger partial charge in [0.05, 0.1) is 0 Å². The second kappa shape index (κ2) is 9.18. The predicted octanol–water partition coefficient (Wildman–Crippen LogP) is 6.34. The Hall–Kier alpha value is -1.87. The first kappa shape index (κ1) is 20.4. The molecule has 0 aliphatic heterocycles. The molecule has 0 radical (unpaired) electrons. The fraction of sp³-hybridized carbons (Fsp3) is 0.522. The van der Waals surface area contributed by atoms with E-state index in [0.717, 1.165) is 59.9 Å². The second-order valence-corrected chi connectivity index (χ2v) is 7.35. The lowest BCUT2D eigenvalue weighted by Gasteiger charge is -2.21. The lowest BCUT2D eigenvalue weighted by molar-refractivity contribution is 0.190. The molecule has 2 aromatic rings. The number of methoxy groups -OCH3 is 1. The summed E-state index contributed by atoms with van der Waals surface area (Å²) in [4.78, 5) is 4.70. The lowest BCUT2D eigenvalue weighted by Crippen LogP contribution is -2.06. The highest BCUT2D eigenvalue weighted by atomic mass is 16.5. The highest BCUT2D eigenvalue weighted by Gasteiger charge is 2.18. The van der Waals surface area contributed by atoms with Crippen LogP contribution in [-0.4, -0.2) is 18.7 Å². The Morgan fingerprint density at radius 3 is 2.23 bits per heavy atom. The number of pyridine rings is 1. The first-order valence-electron chi connectivity index (χ1n) is 9.60. The number of aromatic nitrogens is 1. The van der Waals surface area contributed by atoms with Crippen molar-refractivity contribution >= 4 is 0 Å². The lowest BCUT2D eigenvalue weighted by atomic mass is 9.89. The van der Waals surface area contributed by atoms with Crippen LogP contribution in [-0.2, 0) is 4.74 Å². The minimum absolute atomic E-state index is 0.509. The van der Waals surface area contributed by atoms with Crippen LogP contribution < -0.4 is 4.74 Å². The van der Waals surface area contributed by atoms with Crippen molar-refractivity contribution in [1.82, 2.24) is 4.98 Å². The zero-order chi connectivity index (χ0) is 19.3. The van der Waals surface area contributed by atoms with E-state index in [1.165, 1.54) is 11.1 Å². The standard InChI is InChI=1S/C23H33NO2/c1-8-20(10-9-11-25-7)21-14-18(5)24-23(19(21)6)26-22-16(3)12-15(2)13-17(22)4/h12-14,20H,8-11H2,1-7H3. The van der Waals surface area contributed by atoms with Crippen molar-refractivity contribution in [3.8, 4) is 11.6 Å². The van der Waals surface area contributed by atoms with Crippen LogP contribution in [0, 0.1) is 34.6 Å². The van der Waals surface area contributed by atoms with Crippen molar-refractivity contribution in [3.05, 3.63) is 51.7 Å². The molecule has 1 aromatic heterocycles. The van der Waals surface area contributed by atoms with E-state index in [-0.39, 0.29) is 0 Å². The molecule has 142 valence electrons.